The zero-order chi connectivity index (χ0) is 15.4. The first-order chi connectivity index (χ1) is 9.97. The number of hydrogen-bond donors (Lipinski definition) is 1. The Kier molecular flexibility index (Phi) is 5.48. The van der Waals surface area contributed by atoms with E-state index in [1.54, 1.807) is 11.8 Å². The van der Waals surface area contributed by atoms with Crippen LogP contribution in [0.1, 0.15) is 44.7 Å². The number of ether oxygens (including phenoxy) is 1. The normalized spacial score (nSPS) is 21.8. The Bertz CT molecular complexity index is 475. The molecule has 0 aromatic heterocycles. The van der Waals surface area contributed by atoms with Crippen LogP contribution in [0.2, 0.25) is 5.02 Å². The van der Waals surface area contributed by atoms with Gasteiger partial charge in [0.1, 0.15) is 6.10 Å². The second-order valence-corrected chi connectivity index (χ2v) is 6.08. The van der Waals surface area contributed by atoms with Crippen molar-refractivity contribution in [3.8, 4) is 0 Å². The summed E-state index contributed by atoms with van der Waals surface area (Å²) in [5.74, 6) is 0. The van der Waals surface area contributed by atoms with E-state index >= 15 is 0 Å². The Labute approximate surface area is 130 Å². The molecule has 1 aromatic rings. The van der Waals surface area contributed by atoms with Gasteiger partial charge >= 0.3 is 6.09 Å². The van der Waals surface area contributed by atoms with E-state index in [9.17, 15) is 9.90 Å². The molecule has 0 saturated carbocycles. The minimum absolute atomic E-state index is 0.0347. The van der Waals surface area contributed by atoms with Crippen LogP contribution >= 0.6 is 11.6 Å². The molecule has 116 valence electrons. The van der Waals surface area contributed by atoms with E-state index in [2.05, 4.69) is 0 Å². The van der Waals surface area contributed by atoms with Crippen LogP contribution in [-0.4, -0.2) is 34.9 Å². The summed E-state index contributed by atoms with van der Waals surface area (Å²) in [6, 6.07) is 7.48. The second kappa shape index (κ2) is 7.14. The van der Waals surface area contributed by atoms with E-state index in [0.717, 1.165) is 12.0 Å². The van der Waals surface area contributed by atoms with Gasteiger partial charge in [-0.3, -0.25) is 0 Å². The molecule has 1 saturated heterocycles. The summed E-state index contributed by atoms with van der Waals surface area (Å²) in [7, 11) is 0. The number of carbonyl (C=O) groups excluding carboxylic acids is 1. The second-order valence-electron chi connectivity index (χ2n) is 5.64. The van der Waals surface area contributed by atoms with Crippen molar-refractivity contribution in [2.45, 2.75) is 51.4 Å². The van der Waals surface area contributed by atoms with Crippen molar-refractivity contribution in [1.29, 1.82) is 0 Å². The highest BCUT2D eigenvalue weighted by Crippen LogP contribution is 2.27. The first-order valence-electron chi connectivity index (χ1n) is 7.38. The number of cyclic esters (lactones) is 1. The molecule has 1 aliphatic rings. The van der Waals surface area contributed by atoms with Gasteiger partial charge in [-0.1, -0.05) is 23.7 Å². The number of aliphatic hydroxyl groups is 1. The minimum atomic E-state index is -0.352. The van der Waals surface area contributed by atoms with Crippen molar-refractivity contribution < 1.29 is 14.6 Å². The highest BCUT2D eigenvalue weighted by atomic mass is 35.5. The van der Waals surface area contributed by atoms with Crippen molar-refractivity contribution in [3.63, 3.8) is 0 Å². The fourth-order valence-corrected chi connectivity index (χ4v) is 2.67. The van der Waals surface area contributed by atoms with Crippen LogP contribution in [0.15, 0.2) is 24.3 Å². The Hall–Kier alpha value is -1.26. The predicted octanol–water partition coefficient (Wildman–Crippen LogP) is 3.77. The minimum Gasteiger partial charge on any atom is -0.446 e. The molecular formula is C16H22ClNO3. The molecule has 1 aliphatic heterocycles. The zero-order valence-corrected chi connectivity index (χ0v) is 13.2. The third kappa shape index (κ3) is 4.35. The number of aliphatic hydroxyl groups excluding tert-OH is 1. The lowest BCUT2D eigenvalue weighted by Crippen LogP contribution is -2.43. The van der Waals surface area contributed by atoms with Gasteiger partial charge in [-0.2, -0.15) is 0 Å². The molecule has 1 fully saturated rings. The summed E-state index contributed by atoms with van der Waals surface area (Å²) >= 11 is 5.88. The molecule has 0 radical (unpaired) electrons. The van der Waals surface area contributed by atoms with Crippen LogP contribution < -0.4 is 0 Å². The largest absolute Gasteiger partial charge is 0.446 e. The fraction of sp³-hybridized carbons (Fsp3) is 0.562. The van der Waals surface area contributed by atoms with Gasteiger partial charge in [0.2, 0.25) is 0 Å². The number of nitrogens with zero attached hydrogens (tertiary/aromatic N) is 1. The smallest absolute Gasteiger partial charge is 0.410 e. The number of halogens is 1. The summed E-state index contributed by atoms with van der Waals surface area (Å²) in [5.41, 5.74) is 1.04. The molecule has 0 aliphatic carbocycles. The summed E-state index contributed by atoms with van der Waals surface area (Å²) in [6.45, 7) is 4.41. The molecule has 3 unspecified atom stereocenters. The average molecular weight is 312 g/mol. The first kappa shape index (κ1) is 16.1. The highest BCUT2D eigenvalue weighted by molar-refractivity contribution is 6.30. The molecule has 1 aromatic carbocycles. The van der Waals surface area contributed by atoms with Crippen molar-refractivity contribution in [2.24, 2.45) is 0 Å². The van der Waals surface area contributed by atoms with Crippen LogP contribution in [-0.2, 0) is 4.74 Å². The molecule has 1 N–H and O–H groups in total. The van der Waals surface area contributed by atoms with Gasteiger partial charge in [0.05, 0.1) is 12.1 Å². The predicted molar refractivity (Wildman–Crippen MR) is 82.4 cm³/mol. The molecule has 0 spiro atoms. The summed E-state index contributed by atoms with van der Waals surface area (Å²) in [5, 5.41) is 9.98. The van der Waals surface area contributed by atoms with Crippen LogP contribution in [0.25, 0.3) is 0 Å². The third-order valence-electron chi connectivity index (χ3n) is 3.92. The molecule has 4 nitrogen and oxygen atoms in total. The molecule has 0 bridgehead atoms. The van der Waals surface area contributed by atoms with Gasteiger partial charge in [0, 0.05) is 18.0 Å². The third-order valence-corrected chi connectivity index (χ3v) is 4.17. The van der Waals surface area contributed by atoms with E-state index in [0.29, 0.717) is 24.4 Å². The molecule has 1 heterocycles. The maximum atomic E-state index is 12.1. The standard InChI is InChI=1S/C16H22ClNO3/c1-11(19)3-8-15-9-10-18(16(20)21-15)12(2)13-4-6-14(17)7-5-13/h4-7,11-12,15,19H,3,8-10H2,1-2H3. The van der Waals surface area contributed by atoms with Gasteiger partial charge in [-0.15, -0.1) is 0 Å². The summed E-state index contributed by atoms with van der Waals surface area (Å²) in [6.07, 6.45) is 1.46. The van der Waals surface area contributed by atoms with E-state index in [1.807, 2.05) is 31.2 Å². The lowest BCUT2D eigenvalue weighted by atomic mass is 10.0. The topological polar surface area (TPSA) is 49.8 Å². The monoisotopic (exact) mass is 311 g/mol. The maximum absolute atomic E-state index is 12.1. The number of hydrogen-bond acceptors (Lipinski definition) is 3. The number of benzene rings is 1. The van der Waals surface area contributed by atoms with Crippen LogP contribution in [0, 0.1) is 0 Å². The fourth-order valence-electron chi connectivity index (χ4n) is 2.55. The lowest BCUT2D eigenvalue weighted by molar-refractivity contribution is 0.00465. The SMILES string of the molecule is CC(O)CCC1CCN(C(C)c2ccc(Cl)cc2)C(=O)O1. The van der Waals surface area contributed by atoms with Gasteiger partial charge < -0.3 is 14.7 Å². The van der Waals surface area contributed by atoms with Crippen LogP contribution in [0.3, 0.4) is 0 Å². The highest BCUT2D eigenvalue weighted by Gasteiger charge is 2.30. The van der Waals surface area contributed by atoms with E-state index in [-0.39, 0.29) is 24.3 Å². The molecule has 3 atom stereocenters. The number of carbonyl (C=O) groups is 1. The van der Waals surface area contributed by atoms with Crippen molar-refractivity contribution >= 4 is 17.7 Å². The van der Waals surface area contributed by atoms with Crippen molar-refractivity contribution in [1.82, 2.24) is 4.90 Å². The molecule has 1 amide bonds. The number of amides is 1. The molecular weight excluding hydrogens is 290 g/mol. The quantitative estimate of drug-likeness (QED) is 0.900. The number of rotatable bonds is 5. The Morgan fingerprint density at radius 3 is 2.62 bits per heavy atom. The van der Waals surface area contributed by atoms with E-state index < -0.39 is 0 Å². The van der Waals surface area contributed by atoms with E-state index in [1.165, 1.54) is 0 Å². The molecule has 21 heavy (non-hydrogen) atoms. The lowest BCUT2D eigenvalue weighted by Gasteiger charge is -2.36. The van der Waals surface area contributed by atoms with Gasteiger partial charge in [-0.05, 0) is 44.4 Å². The van der Waals surface area contributed by atoms with Crippen molar-refractivity contribution in [3.05, 3.63) is 34.9 Å². The Morgan fingerprint density at radius 2 is 2.05 bits per heavy atom. The molecule has 5 heteroatoms. The summed E-state index contributed by atoms with van der Waals surface area (Å²) in [4.78, 5) is 13.9. The maximum Gasteiger partial charge on any atom is 0.410 e. The first-order valence-corrected chi connectivity index (χ1v) is 7.76. The zero-order valence-electron chi connectivity index (χ0n) is 12.5. The summed E-state index contributed by atoms with van der Waals surface area (Å²) < 4.78 is 5.47. The van der Waals surface area contributed by atoms with Gasteiger partial charge in [0.15, 0.2) is 0 Å². The van der Waals surface area contributed by atoms with Gasteiger partial charge in [0.25, 0.3) is 0 Å². The van der Waals surface area contributed by atoms with Crippen LogP contribution in [0.4, 0.5) is 4.79 Å². The molecule has 2 rings (SSSR count). The van der Waals surface area contributed by atoms with Crippen molar-refractivity contribution in [2.75, 3.05) is 6.54 Å². The Balaban J connectivity index is 1.93. The average Bonchev–Trinajstić information content (AvgIpc) is 2.45. The van der Waals surface area contributed by atoms with Crippen LogP contribution in [0.5, 0.6) is 0 Å². The van der Waals surface area contributed by atoms with E-state index in [4.69, 9.17) is 16.3 Å². The Morgan fingerprint density at radius 1 is 1.38 bits per heavy atom. The van der Waals surface area contributed by atoms with Gasteiger partial charge in [-0.25, -0.2) is 4.79 Å².